The van der Waals surface area contributed by atoms with Crippen molar-refractivity contribution in [3.05, 3.63) is 29.8 Å². The second-order valence-electron chi connectivity index (χ2n) is 3.04. The lowest BCUT2D eigenvalue weighted by Gasteiger charge is -2.05. The number of rotatable bonds is 4. The molecule has 0 radical (unpaired) electrons. The van der Waals surface area contributed by atoms with E-state index in [4.69, 9.17) is 10.1 Å². The molecular weight excluding hydrogens is 194 g/mol. The Labute approximate surface area is 89.2 Å². The molecule has 0 bridgehead atoms. The molecule has 2 nitrogen and oxygen atoms in total. The monoisotopic (exact) mass is 209 g/mol. The highest BCUT2D eigenvalue weighted by Crippen LogP contribution is 2.12. The zero-order chi connectivity index (χ0) is 10.4. The van der Waals surface area contributed by atoms with Crippen molar-refractivity contribution in [3.8, 4) is 5.75 Å². The Bertz CT molecular complexity index is 295. The largest absolute Gasteiger partial charge is 0.493 e. The average Bonchev–Trinajstić information content (AvgIpc) is 2.21. The first-order chi connectivity index (χ1) is 6.72. The maximum Gasteiger partial charge on any atom is 0.119 e. The van der Waals surface area contributed by atoms with Crippen LogP contribution >= 0.6 is 11.8 Å². The molecular formula is C11H15NOS. The summed E-state index contributed by atoms with van der Waals surface area (Å²) in [4.78, 5) is 0. The lowest BCUT2D eigenvalue weighted by Crippen LogP contribution is -2.02. The van der Waals surface area contributed by atoms with Crippen molar-refractivity contribution in [2.24, 2.45) is 0 Å². The van der Waals surface area contributed by atoms with E-state index in [1.807, 2.05) is 37.4 Å². The lowest BCUT2D eigenvalue weighted by molar-refractivity contribution is 0.329. The van der Waals surface area contributed by atoms with E-state index in [1.54, 1.807) is 0 Å². The summed E-state index contributed by atoms with van der Waals surface area (Å²) in [7, 11) is 0. The first kappa shape index (κ1) is 11.1. The van der Waals surface area contributed by atoms with Crippen molar-refractivity contribution in [2.45, 2.75) is 13.3 Å². The fraction of sp³-hybridized carbons (Fsp3) is 0.364. The molecule has 0 aromatic heterocycles. The molecule has 1 aromatic carbocycles. The predicted molar refractivity (Wildman–Crippen MR) is 62.5 cm³/mol. The highest BCUT2D eigenvalue weighted by atomic mass is 32.2. The molecule has 0 atom stereocenters. The van der Waals surface area contributed by atoms with E-state index in [0.717, 1.165) is 5.75 Å². The fourth-order valence-electron chi connectivity index (χ4n) is 0.998. The van der Waals surface area contributed by atoms with E-state index < -0.39 is 0 Å². The molecule has 1 aromatic rings. The van der Waals surface area contributed by atoms with Gasteiger partial charge in [0.2, 0.25) is 0 Å². The van der Waals surface area contributed by atoms with Crippen LogP contribution in [-0.2, 0) is 0 Å². The molecule has 0 spiro atoms. The van der Waals surface area contributed by atoms with Crippen LogP contribution in [0.3, 0.4) is 0 Å². The Morgan fingerprint density at radius 2 is 2.00 bits per heavy atom. The van der Waals surface area contributed by atoms with Crippen LogP contribution in [-0.4, -0.2) is 17.9 Å². The molecule has 0 aliphatic carbocycles. The summed E-state index contributed by atoms with van der Waals surface area (Å²) in [5.41, 5.74) is 1.23. The van der Waals surface area contributed by atoms with Crippen molar-refractivity contribution in [1.82, 2.24) is 0 Å². The molecule has 0 fully saturated rings. The summed E-state index contributed by atoms with van der Waals surface area (Å²) in [6.07, 6.45) is 2.60. The van der Waals surface area contributed by atoms with Gasteiger partial charge in [0.1, 0.15) is 5.75 Å². The molecule has 1 rings (SSSR count). The van der Waals surface area contributed by atoms with Gasteiger partial charge in [-0.05, 0) is 25.3 Å². The normalized spacial score (nSPS) is 9.86. The molecule has 3 heteroatoms. The van der Waals surface area contributed by atoms with Gasteiger partial charge >= 0.3 is 0 Å². The van der Waals surface area contributed by atoms with Gasteiger partial charge < -0.3 is 4.74 Å². The van der Waals surface area contributed by atoms with Gasteiger partial charge in [0.25, 0.3) is 0 Å². The second-order valence-corrected chi connectivity index (χ2v) is 3.94. The van der Waals surface area contributed by atoms with Crippen molar-refractivity contribution >= 4 is 16.8 Å². The standard InChI is InChI=1S/C11H15NOS/c1-9-3-5-10(6-4-9)13-8-7-11(12)14-2/h3-6,12H,7-8H2,1-2H3. The van der Waals surface area contributed by atoms with Crippen LogP contribution in [0.1, 0.15) is 12.0 Å². The molecule has 0 unspecified atom stereocenters. The van der Waals surface area contributed by atoms with Crippen molar-refractivity contribution in [2.75, 3.05) is 12.9 Å². The van der Waals surface area contributed by atoms with Crippen LogP contribution in [0.5, 0.6) is 5.75 Å². The second kappa shape index (κ2) is 5.70. The Balaban J connectivity index is 2.31. The van der Waals surface area contributed by atoms with Gasteiger partial charge in [-0.25, -0.2) is 0 Å². The van der Waals surface area contributed by atoms with E-state index in [1.165, 1.54) is 17.3 Å². The third kappa shape index (κ3) is 3.83. The van der Waals surface area contributed by atoms with E-state index in [0.29, 0.717) is 18.1 Å². The molecule has 76 valence electrons. The smallest absolute Gasteiger partial charge is 0.119 e. The first-order valence-electron chi connectivity index (χ1n) is 4.53. The number of thioether (sulfide) groups is 1. The highest BCUT2D eigenvalue weighted by molar-refractivity contribution is 8.13. The number of hydrogen-bond acceptors (Lipinski definition) is 3. The minimum atomic E-state index is 0.586. The Hall–Kier alpha value is -0.960. The molecule has 0 aliphatic heterocycles. The van der Waals surface area contributed by atoms with Crippen LogP contribution in [0.2, 0.25) is 0 Å². The first-order valence-corrected chi connectivity index (χ1v) is 5.75. The number of hydrogen-bond donors (Lipinski definition) is 1. The summed E-state index contributed by atoms with van der Waals surface area (Å²) < 4.78 is 5.48. The molecule has 0 saturated heterocycles. The molecule has 0 heterocycles. The maximum absolute atomic E-state index is 7.42. The minimum Gasteiger partial charge on any atom is -0.493 e. The SMILES string of the molecule is CSC(=N)CCOc1ccc(C)cc1. The van der Waals surface area contributed by atoms with E-state index in [9.17, 15) is 0 Å². The van der Waals surface area contributed by atoms with Crippen LogP contribution in [0.15, 0.2) is 24.3 Å². The minimum absolute atomic E-state index is 0.586. The van der Waals surface area contributed by atoms with E-state index >= 15 is 0 Å². The van der Waals surface area contributed by atoms with E-state index in [2.05, 4.69) is 0 Å². The highest BCUT2D eigenvalue weighted by Gasteiger charge is 1.96. The van der Waals surface area contributed by atoms with Gasteiger partial charge in [0.05, 0.1) is 11.7 Å². The molecule has 0 amide bonds. The molecule has 0 aliphatic rings. The Morgan fingerprint density at radius 1 is 1.36 bits per heavy atom. The summed E-state index contributed by atoms with van der Waals surface area (Å²) in [5.74, 6) is 0.879. The molecule has 14 heavy (non-hydrogen) atoms. The molecule has 1 N–H and O–H groups in total. The lowest BCUT2D eigenvalue weighted by atomic mass is 10.2. The maximum atomic E-state index is 7.42. The predicted octanol–water partition coefficient (Wildman–Crippen LogP) is 3.10. The van der Waals surface area contributed by atoms with Crippen LogP contribution in [0.25, 0.3) is 0 Å². The fourth-order valence-corrected chi connectivity index (χ4v) is 1.29. The number of benzene rings is 1. The Morgan fingerprint density at radius 3 is 2.57 bits per heavy atom. The van der Waals surface area contributed by atoms with Crippen molar-refractivity contribution < 1.29 is 4.74 Å². The summed E-state index contributed by atoms with van der Waals surface area (Å²) >= 11 is 1.47. The van der Waals surface area contributed by atoms with E-state index in [-0.39, 0.29) is 0 Å². The topological polar surface area (TPSA) is 33.1 Å². The summed E-state index contributed by atoms with van der Waals surface area (Å²) in [6, 6.07) is 7.96. The zero-order valence-electron chi connectivity index (χ0n) is 8.54. The number of ether oxygens (including phenoxy) is 1. The van der Waals surface area contributed by atoms with Gasteiger partial charge in [-0.15, -0.1) is 11.8 Å². The number of nitrogens with one attached hydrogen (secondary N) is 1. The van der Waals surface area contributed by atoms with Gasteiger partial charge in [-0.1, -0.05) is 17.7 Å². The van der Waals surface area contributed by atoms with Gasteiger partial charge in [-0.3, -0.25) is 5.41 Å². The van der Waals surface area contributed by atoms with Crippen LogP contribution < -0.4 is 4.74 Å². The number of aryl methyl sites for hydroxylation is 1. The quantitative estimate of drug-likeness (QED) is 0.610. The third-order valence-corrected chi connectivity index (χ3v) is 2.56. The van der Waals surface area contributed by atoms with Gasteiger partial charge in [0, 0.05) is 6.42 Å². The average molecular weight is 209 g/mol. The van der Waals surface area contributed by atoms with Crippen LogP contribution in [0.4, 0.5) is 0 Å². The van der Waals surface area contributed by atoms with Gasteiger partial charge in [-0.2, -0.15) is 0 Å². The van der Waals surface area contributed by atoms with Crippen LogP contribution in [0, 0.1) is 12.3 Å². The van der Waals surface area contributed by atoms with Crippen molar-refractivity contribution in [3.63, 3.8) is 0 Å². The zero-order valence-corrected chi connectivity index (χ0v) is 9.36. The molecule has 0 saturated carbocycles. The summed E-state index contributed by atoms with van der Waals surface area (Å²) in [6.45, 7) is 2.63. The Kier molecular flexibility index (Phi) is 4.53. The van der Waals surface area contributed by atoms with Gasteiger partial charge in [0.15, 0.2) is 0 Å². The summed E-state index contributed by atoms with van der Waals surface area (Å²) in [5, 5.41) is 8.08. The third-order valence-electron chi connectivity index (χ3n) is 1.87. The van der Waals surface area contributed by atoms with Crippen molar-refractivity contribution in [1.29, 1.82) is 5.41 Å².